The first-order valence-corrected chi connectivity index (χ1v) is 12.4. The highest BCUT2D eigenvalue weighted by molar-refractivity contribution is 7.10. The predicted octanol–water partition coefficient (Wildman–Crippen LogP) is 2.30. The molecule has 0 aliphatic carbocycles. The van der Waals surface area contributed by atoms with Crippen LogP contribution in [0.1, 0.15) is 16.0 Å². The van der Waals surface area contributed by atoms with Crippen molar-refractivity contribution in [3.63, 3.8) is 0 Å². The lowest BCUT2D eigenvalue weighted by atomic mass is 10.1. The summed E-state index contributed by atoms with van der Waals surface area (Å²) in [5, 5.41) is 25.0. The maximum absolute atomic E-state index is 14.0. The maximum Gasteiger partial charge on any atom is 0.254 e. The van der Waals surface area contributed by atoms with Gasteiger partial charge in [-0.05, 0) is 53.3 Å². The van der Waals surface area contributed by atoms with Crippen LogP contribution in [0.5, 0.6) is 0 Å². The van der Waals surface area contributed by atoms with E-state index in [9.17, 15) is 28.6 Å². The Hall–Kier alpha value is -3.34. The van der Waals surface area contributed by atoms with Gasteiger partial charge in [0.2, 0.25) is 0 Å². The van der Waals surface area contributed by atoms with Crippen molar-refractivity contribution >= 4 is 28.8 Å². The Morgan fingerprint density at radius 1 is 0.944 bits per heavy atom. The number of thiophene rings is 1. The van der Waals surface area contributed by atoms with E-state index in [0.29, 0.717) is 25.2 Å². The SMILES string of the molecule is O=C(NCc1cc(Cc2cccc(F)c2)cs1)C(O)C(O)C(=O)N1CCN(c2ccccc2F)CC1. The summed E-state index contributed by atoms with van der Waals surface area (Å²) in [5.41, 5.74) is 2.23. The summed E-state index contributed by atoms with van der Waals surface area (Å²) in [7, 11) is 0. The Labute approximate surface area is 211 Å². The monoisotopic (exact) mass is 515 g/mol. The van der Waals surface area contributed by atoms with Gasteiger partial charge in [0.1, 0.15) is 11.6 Å². The molecule has 7 nitrogen and oxygen atoms in total. The Morgan fingerprint density at radius 2 is 1.69 bits per heavy atom. The third kappa shape index (κ3) is 6.26. The number of nitrogens with one attached hydrogen (secondary N) is 1. The molecular weight excluding hydrogens is 488 g/mol. The molecule has 1 fully saturated rings. The van der Waals surface area contributed by atoms with E-state index in [1.807, 2.05) is 17.5 Å². The van der Waals surface area contributed by atoms with Gasteiger partial charge in [-0.1, -0.05) is 24.3 Å². The molecule has 0 spiro atoms. The van der Waals surface area contributed by atoms with Crippen molar-refractivity contribution in [3.8, 4) is 0 Å². The van der Waals surface area contributed by atoms with E-state index in [2.05, 4.69) is 5.32 Å². The fourth-order valence-electron chi connectivity index (χ4n) is 4.11. The van der Waals surface area contributed by atoms with Crippen LogP contribution in [-0.4, -0.2) is 65.3 Å². The summed E-state index contributed by atoms with van der Waals surface area (Å²) in [6.45, 7) is 1.28. The minimum atomic E-state index is -1.92. The lowest BCUT2D eigenvalue weighted by Crippen LogP contribution is -2.55. The molecule has 2 unspecified atom stereocenters. The number of halogens is 2. The molecule has 4 rings (SSSR count). The molecule has 2 amide bonds. The molecule has 2 atom stereocenters. The van der Waals surface area contributed by atoms with Crippen molar-refractivity contribution < 1.29 is 28.6 Å². The van der Waals surface area contributed by atoms with Gasteiger partial charge in [-0.2, -0.15) is 0 Å². The number of aliphatic hydroxyl groups excluding tert-OH is 2. The normalized spacial score (nSPS) is 15.4. The van der Waals surface area contributed by atoms with Crippen LogP contribution in [0, 0.1) is 11.6 Å². The Morgan fingerprint density at radius 3 is 2.42 bits per heavy atom. The van der Waals surface area contributed by atoms with Crippen molar-refractivity contribution in [2.75, 3.05) is 31.1 Å². The van der Waals surface area contributed by atoms with E-state index >= 15 is 0 Å². The number of piperazine rings is 1. The molecule has 3 aromatic rings. The van der Waals surface area contributed by atoms with Gasteiger partial charge in [0.05, 0.1) is 12.2 Å². The van der Waals surface area contributed by atoms with E-state index < -0.39 is 24.0 Å². The number of aliphatic hydroxyl groups is 2. The number of anilines is 1. The van der Waals surface area contributed by atoms with Crippen LogP contribution in [0.15, 0.2) is 60.0 Å². The molecule has 36 heavy (non-hydrogen) atoms. The summed E-state index contributed by atoms with van der Waals surface area (Å²) in [6.07, 6.45) is -3.28. The maximum atomic E-state index is 14.0. The van der Waals surface area contributed by atoms with Crippen LogP contribution in [0.25, 0.3) is 0 Å². The molecule has 3 N–H and O–H groups in total. The fraction of sp³-hybridized carbons (Fsp3) is 0.308. The molecule has 190 valence electrons. The average molecular weight is 516 g/mol. The summed E-state index contributed by atoms with van der Waals surface area (Å²) in [6, 6.07) is 14.6. The van der Waals surface area contributed by atoms with Gasteiger partial charge in [0.25, 0.3) is 11.8 Å². The van der Waals surface area contributed by atoms with Crippen LogP contribution >= 0.6 is 11.3 Å². The Bertz CT molecular complexity index is 1210. The summed E-state index contributed by atoms with van der Waals surface area (Å²) >= 11 is 1.40. The molecular formula is C26H27F2N3O4S. The van der Waals surface area contributed by atoms with E-state index in [4.69, 9.17) is 0 Å². The molecule has 0 radical (unpaired) electrons. The quantitative estimate of drug-likeness (QED) is 0.428. The number of carbonyl (C=O) groups excluding carboxylic acids is 2. The average Bonchev–Trinajstić information content (AvgIpc) is 3.33. The zero-order chi connectivity index (χ0) is 25.7. The molecule has 1 aliphatic heterocycles. The number of nitrogens with zero attached hydrogens (tertiary/aromatic N) is 2. The molecule has 10 heteroatoms. The lowest BCUT2D eigenvalue weighted by Gasteiger charge is -2.37. The molecule has 1 aromatic heterocycles. The number of benzene rings is 2. The molecule has 0 bridgehead atoms. The van der Waals surface area contributed by atoms with Gasteiger partial charge in [0.15, 0.2) is 12.2 Å². The van der Waals surface area contributed by atoms with E-state index in [1.54, 1.807) is 29.2 Å². The highest BCUT2D eigenvalue weighted by atomic mass is 32.1. The van der Waals surface area contributed by atoms with Crippen LogP contribution < -0.4 is 10.2 Å². The number of hydrogen-bond donors (Lipinski definition) is 3. The third-order valence-electron chi connectivity index (χ3n) is 6.05. The number of amides is 2. The molecule has 1 saturated heterocycles. The summed E-state index contributed by atoms with van der Waals surface area (Å²) in [5.74, 6) is -2.26. The van der Waals surface area contributed by atoms with Crippen LogP contribution in [-0.2, 0) is 22.6 Å². The van der Waals surface area contributed by atoms with Crippen molar-refractivity contribution in [1.82, 2.24) is 10.2 Å². The van der Waals surface area contributed by atoms with Gasteiger partial charge >= 0.3 is 0 Å². The van der Waals surface area contributed by atoms with E-state index in [1.165, 1.54) is 34.4 Å². The van der Waals surface area contributed by atoms with Gasteiger partial charge in [-0.3, -0.25) is 9.59 Å². The van der Waals surface area contributed by atoms with Crippen LogP contribution in [0.3, 0.4) is 0 Å². The predicted molar refractivity (Wildman–Crippen MR) is 133 cm³/mol. The molecule has 1 aliphatic rings. The summed E-state index contributed by atoms with van der Waals surface area (Å²) in [4.78, 5) is 29.0. The van der Waals surface area contributed by atoms with Gasteiger partial charge in [-0.15, -0.1) is 11.3 Å². The topological polar surface area (TPSA) is 93.1 Å². The molecule has 0 saturated carbocycles. The minimum Gasteiger partial charge on any atom is -0.380 e. The lowest BCUT2D eigenvalue weighted by molar-refractivity contribution is -0.153. The largest absolute Gasteiger partial charge is 0.380 e. The van der Waals surface area contributed by atoms with Crippen molar-refractivity contribution in [2.45, 2.75) is 25.2 Å². The van der Waals surface area contributed by atoms with Gasteiger partial charge < -0.3 is 25.3 Å². The first-order valence-electron chi connectivity index (χ1n) is 11.5. The minimum absolute atomic E-state index is 0.117. The Kier molecular flexibility index (Phi) is 8.29. The second-order valence-corrected chi connectivity index (χ2v) is 9.59. The van der Waals surface area contributed by atoms with Crippen molar-refractivity contribution in [3.05, 3.63) is 87.6 Å². The highest BCUT2D eigenvalue weighted by Gasteiger charge is 2.34. The van der Waals surface area contributed by atoms with Gasteiger partial charge in [-0.25, -0.2) is 8.78 Å². The number of carbonyl (C=O) groups is 2. The third-order valence-corrected chi connectivity index (χ3v) is 7.03. The smallest absolute Gasteiger partial charge is 0.254 e. The first-order chi connectivity index (χ1) is 17.3. The Balaban J connectivity index is 1.25. The number of rotatable bonds is 8. The first kappa shape index (κ1) is 25.7. The standard InChI is InChI=1S/C26H27F2N3O4S/c27-19-5-3-4-17(13-19)12-18-14-20(36-16-18)15-29-25(34)23(32)24(33)26(35)31-10-8-30(9-11-31)22-7-2-1-6-21(22)28/h1-7,13-14,16,23-24,32-33H,8-12,15H2,(H,29,34). The zero-order valence-corrected chi connectivity index (χ0v) is 20.3. The fourth-order valence-corrected chi connectivity index (χ4v) is 4.94. The number of hydrogen-bond acceptors (Lipinski definition) is 6. The zero-order valence-electron chi connectivity index (χ0n) is 19.4. The second-order valence-electron chi connectivity index (χ2n) is 8.60. The van der Waals surface area contributed by atoms with Crippen LogP contribution in [0.2, 0.25) is 0 Å². The second kappa shape index (κ2) is 11.6. The number of para-hydroxylation sites is 1. The van der Waals surface area contributed by atoms with Crippen molar-refractivity contribution in [2.24, 2.45) is 0 Å². The highest BCUT2D eigenvalue weighted by Crippen LogP contribution is 2.21. The molecule has 2 heterocycles. The van der Waals surface area contributed by atoms with Crippen LogP contribution in [0.4, 0.5) is 14.5 Å². The molecule has 2 aromatic carbocycles. The summed E-state index contributed by atoms with van der Waals surface area (Å²) < 4.78 is 27.4. The van der Waals surface area contributed by atoms with E-state index in [-0.39, 0.29) is 31.3 Å². The van der Waals surface area contributed by atoms with E-state index in [0.717, 1.165) is 16.0 Å². The van der Waals surface area contributed by atoms with Gasteiger partial charge in [0, 0.05) is 31.1 Å². The van der Waals surface area contributed by atoms with Crippen molar-refractivity contribution in [1.29, 1.82) is 0 Å².